The van der Waals surface area contributed by atoms with E-state index in [4.69, 9.17) is 19.4 Å². The van der Waals surface area contributed by atoms with Crippen molar-refractivity contribution in [3.63, 3.8) is 0 Å². The molecule has 7 aromatic heterocycles. The Hall–Kier alpha value is -5.68. The molecule has 3 aliphatic heterocycles. The first-order valence-corrected chi connectivity index (χ1v) is 15.9. The molecule has 10 heterocycles. The van der Waals surface area contributed by atoms with Crippen LogP contribution in [0.15, 0.2) is 73.3 Å². The summed E-state index contributed by atoms with van der Waals surface area (Å²) in [6, 6.07) is 17.1. The van der Waals surface area contributed by atoms with Crippen LogP contribution in [0.4, 0.5) is 0 Å². The van der Waals surface area contributed by atoms with Crippen molar-refractivity contribution in [3.8, 4) is 32.9 Å². The van der Waals surface area contributed by atoms with Crippen LogP contribution < -0.4 is 27.7 Å². The van der Waals surface area contributed by atoms with E-state index < -0.39 is 0 Å². The van der Waals surface area contributed by atoms with Gasteiger partial charge < -0.3 is 19.4 Å². The molecule has 0 aliphatic carbocycles. The predicted octanol–water partition coefficient (Wildman–Crippen LogP) is 4.01. The van der Waals surface area contributed by atoms with Crippen molar-refractivity contribution in [2.45, 2.75) is 13.3 Å². The minimum Gasteiger partial charge on any atom is -0.484 e. The Morgan fingerprint density at radius 1 is 0.556 bits per heavy atom. The fraction of sp³-hybridized carbons (Fsp3) is 0.118. The molecule has 10 nitrogen and oxygen atoms in total. The van der Waals surface area contributed by atoms with Crippen molar-refractivity contribution < 1.29 is 27.7 Å². The molecule has 0 spiro atoms. The van der Waals surface area contributed by atoms with Crippen LogP contribution in [0.3, 0.4) is 0 Å². The third-order valence-corrected chi connectivity index (χ3v) is 10.8. The number of nitrogens with zero attached hydrogens (tertiary/aromatic N) is 6. The maximum Gasteiger partial charge on any atom is 0.345 e. The molecule has 0 saturated heterocycles. The lowest BCUT2D eigenvalue weighted by molar-refractivity contribution is -0.872. The molecule has 0 saturated carbocycles. The molecule has 0 bridgehead atoms. The first-order valence-electron chi connectivity index (χ1n) is 15.1. The Bertz CT molecular complexity index is 2500. The monoisotopic (exact) mass is 606 g/mol. The normalized spacial score (nSPS) is 14.7. The largest absolute Gasteiger partial charge is 0.484 e. The molecule has 45 heavy (non-hydrogen) atoms. The summed E-state index contributed by atoms with van der Waals surface area (Å²) in [5, 5.41) is 4.58. The van der Waals surface area contributed by atoms with E-state index in [0.29, 0.717) is 13.2 Å². The molecule has 0 radical (unpaired) electrons. The third kappa shape index (κ3) is 2.68. The SMILES string of the molecule is c1cc2c3nc(-c4sc(-c5nc6c7ccc[n+]8c7c7c(ccc[n+]7C8)c6[nH]5)c5c4OCCO5)[nH]c3c3ccc[n+]4c3c2[n+](c1)C4. The van der Waals surface area contributed by atoms with Gasteiger partial charge in [-0.25, -0.2) is 9.97 Å². The highest BCUT2D eigenvalue weighted by molar-refractivity contribution is 7.19. The zero-order chi connectivity index (χ0) is 29.0. The van der Waals surface area contributed by atoms with Crippen LogP contribution in [-0.4, -0.2) is 33.1 Å². The highest BCUT2D eigenvalue weighted by Gasteiger charge is 2.37. The van der Waals surface area contributed by atoms with Crippen LogP contribution in [0.1, 0.15) is 0 Å². The van der Waals surface area contributed by atoms with Crippen molar-refractivity contribution in [1.82, 2.24) is 19.9 Å². The van der Waals surface area contributed by atoms with Crippen molar-refractivity contribution in [2.24, 2.45) is 0 Å². The maximum atomic E-state index is 6.32. The minimum absolute atomic E-state index is 0.484. The first-order chi connectivity index (χ1) is 22.3. The van der Waals surface area contributed by atoms with Crippen molar-refractivity contribution >= 4 is 77.0 Å². The Kier molecular flexibility index (Phi) is 3.90. The van der Waals surface area contributed by atoms with E-state index in [1.165, 1.54) is 22.1 Å². The van der Waals surface area contributed by atoms with Crippen molar-refractivity contribution in [1.29, 1.82) is 0 Å². The lowest BCUT2D eigenvalue weighted by Crippen LogP contribution is -2.45. The number of imidazole rings is 2. The van der Waals surface area contributed by atoms with Gasteiger partial charge in [0.2, 0.25) is 0 Å². The molecule has 11 heteroatoms. The zero-order valence-electron chi connectivity index (χ0n) is 23.7. The quantitative estimate of drug-likeness (QED) is 0.230. The third-order valence-electron chi connectivity index (χ3n) is 9.63. The number of benzene rings is 2. The second-order valence-electron chi connectivity index (χ2n) is 12.0. The number of rotatable bonds is 2. The molecular weight excluding hydrogens is 584 g/mol. The van der Waals surface area contributed by atoms with Gasteiger partial charge in [-0.2, -0.15) is 0 Å². The summed E-state index contributed by atoms with van der Waals surface area (Å²) in [6.45, 7) is 2.58. The second kappa shape index (κ2) is 7.69. The number of pyridine rings is 4. The Labute approximate surface area is 257 Å². The van der Waals surface area contributed by atoms with E-state index in [-0.39, 0.29) is 0 Å². The van der Waals surface area contributed by atoms with Gasteiger partial charge in [0.05, 0.1) is 32.6 Å². The van der Waals surface area contributed by atoms with Crippen LogP contribution >= 0.6 is 11.3 Å². The highest BCUT2D eigenvalue weighted by Crippen LogP contribution is 2.53. The Morgan fingerprint density at radius 2 is 0.956 bits per heavy atom. The number of hydrogen-bond acceptors (Lipinski definition) is 5. The van der Waals surface area contributed by atoms with Crippen LogP contribution in [0.2, 0.25) is 0 Å². The minimum atomic E-state index is 0.484. The maximum absolute atomic E-state index is 6.32. The summed E-state index contributed by atoms with van der Waals surface area (Å²) in [5.41, 5.74) is 8.84. The summed E-state index contributed by atoms with van der Waals surface area (Å²) in [7, 11) is 0. The second-order valence-corrected chi connectivity index (χ2v) is 13.0. The van der Waals surface area contributed by atoms with Crippen LogP contribution in [0.25, 0.3) is 87.1 Å². The van der Waals surface area contributed by atoms with E-state index in [2.05, 4.69) is 102 Å². The van der Waals surface area contributed by atoms with Gasteiger partial charge in [0.25, 0.3) is 22.1 Å². The number of H-pyrrole nitrogens is 2. The van der Waals surface area contributed by atoms with E-state index in [1.54, 1.807) is 11.3 Å². The van der Waals surface area contributed by atoms with E-state index >= 15 is 0 Å². The van der Waals surface area contributed by atoms with Gasteiger partial charge in [0, 0.05) is 24.3 Å². The molecule has 0 amide bonds. The summed E-state index contributed by atoms with van der Waals surface area (Å²) < 4.78 is 21.8. The molecule has 0 fully saturated rings. The standard InChI is InChI=1S/C34H20N8O2S/c1-5-17-21-22(18-6-2-10-40-15-39(9-1)25(17)26(18)40)36-33(35-21)31-29-30(44-14-13-43-29)32(45-31)34-37-23-19-7-3-11-41-16-42-12-4-8-20(24(23)38-34)28(42)27(19)41/h1-12H,13-16H2/q+2/p+2. The Morgan fingerprint density at radius 3 is 1.40 bits per heavy atom. The fourth-order valence-corrected chi connectivity index (χ4v) is 8.93. The number of aromatic amines is 2. The van der Waals surface area contributed by atoms with Crippen LogP contribution in [0, 0.1) is 0 Å². The molecule has 12 rings (SSSR count). The summed E-state index contributed by atoms with van der Waals surface area (Å²) in [5.74, 6) is 2.98. The lowest BCUT2D eigenvalue weighted by atomic mass is 10.1. The number of fused-ring (bicyclic) bond motifs is 7. The van der Waals surface area contributed by atoms with Crippen molar-refractivity contribution in [3.05, 3.63) is 73.3 Å². The van der Waals surface area contributed by atoms with Gasteiger partial charge in [-0.3, -0.25) is 0 Å². The predicted molar refractivity (Wildman–Crippen MR) is 167 cm³/mol. The molecule has 9 aromatic rings. The average molecular weight is 607 g/mol. The molecular formula is C34H22N8O2S+4. The van der Waals surface area contributed by atoms with Gasteiger partial charge >= 0.3 is 13.3 Å². The zero-order valence-corrected chi connectivity index (χ0v) is 24.5. The van der Waals surface area contributed by atoms with Crippen LogP contribution in [0.5, 0.6) is 11.5 Å². The molecule has 0 unspecified atom stereocenters. The number of thiophene rings is 1. The molecule has 0 atom stereocenters. The molecule has 3 aliphatic rings. The van der Waals surface area contributed by atoms with E-state index in [9.17, 15) is 0 Å². The molecule has 2 N–H and O–H groups in total. The molecule has 2 aromatic carbocycles. The Balaban J connectivity index is 1.13. The van der Waals surface area contributed by atoms with Gasteiger partial charge in [0.1, 0.15) is 34.0 Å². The summed E-state index contributed by atoms with van der Waals surface area (Å²) in [4.78, 5) is 19.7. The van der Waals surface area contributed by atoms with E-state index in [1.807, 2.05) is 0 Å². The number of hydrogen-bond donors (Lipinski definition) is 2. The van der Waals surface area contributed by atoms with Crippen LogP contribution in [-0.2, 0) is 13.3 Å². The summed E-state index contributed by atoms with van der Waals surface area (Å²) in [6.07, 6.45) is 8.57. The lowest BCUT2D eigenvalue weighted by Gasteiger charge is -2.16. The number of aromatic nitrogens is 8. The topological polar surface area (TPSA) is 91.3 Å². The first kappa shape index (κ1) is 22.8. The van der Waals surface area contributed by atoms with Crippen molar-refractivity contribution in [2.75, 3.05) is 13.2 Å². The highest BCUT2D eigenvalue weighted by atomic mass is 32.1. The average Bonchev–Trinajstić information content (AvgIpc) is 3.90. The molecule has 212 valence electrons. The fourth-order valence-electron chi connectivity index (χ4n) is 7.85. The number of ether oxygens (including phenoxy) is 2. The summed E-state index contributed by atoms with van der Waals surface area (Å²) >= 11 is 1.60. The van der Waals surface area contributed by atoms with Gasteiger partial charge in [-0.1, -0.05) is 0 Å². The van der Waals surface area contributed by atoms with E-state index in [0.717, 1.165) is 89.9 Å². The van der Waals surface area contributed by atoms with Gasteiger partial charge in [0.15, 0.2) is 47.9 Å². The number of nitrogens with one attached hydrogen (secondary N) is 2. The smallest absolute Gasteiger partial charge is 0.345 e. The van der Waals surface area contributed by atoms with Gasteiger partial charge in [-0.15, -0.1) is 29.6 Å². The van der Waals surface area contributed by atoms with Gasteiger partial charge in [-0.05, 0) is 24.3 Å².